The molecule has 0 radical (unpaired) electrons. The Morgan fingerprint density at radius 1 is 1.08 bits per heavy atom. The minimum atomic E-state index is -1.56. The fraction of sp³-hybridized carbons (Fsp3) is 0.263. The Kier molecular flexibility index (Phi) is 3.88. The molecule has 2 aliphatic heterocycles. The van der Waals surface area contributed by atoms with Crippen molar-refractivity contribution in [2.75, 3.05) is 7.11 Å². The topological polar surface area (TPSA) is 71.1 Å². The molecular formula is C19H16O6. The molecule has 1 fully saturated rings. The van der Waals surface area contributed by atoms with Crippen LogP contribution in [0.15, 0.2) is 54.6 Å². The second kappa shape index (κ2) is 6.07. The number of hydrogen-bond acceptors (Lipinski definition) is 6. The van der Waals surface area contributed by atoms with E-state index in [9.17, 15) is 9.59 Å². The molecule has 0 N–H and O–H groups in total. The largest absolute Gasteiger partial charge is 0.459 e. The number of ketones is 1. The van der Waals surface area contributed by atoms with Crippen molar-refractivity contribution in [1.82, 2.24) is 0 Å². The van der Waals surface area contributed by atoms with Crippen molar-refractivity contribution >= 4 is 11.8 Å². The summed E-state index contributed by atoms with van der Waals surface area (Å²) in [6.07, 6.45) is -2.26. The van der Waals surface area contributed by atoms with Gasteiger partial charge >= 0.3 is 11.9 Å². The van der Waals surface area contributed by atoms with Crippen LogP contribution in [-0.4, -0.2) is 31.1 Å². The lowest BCUT2D eigenvalue weighted by Crippen LogP contribution is -2.41. The number of ether oxygens (including phenoxy) is 4. The van der Waals surface area contributed by atoms with Crippen molar-refractivity contribution in [2.24, 2.45) is 0 Å². The van der Waals surface area contributed by atoms with Gasteiger partial charge in [-0.25, -0.2) is 4.79 Å². The van der Waals surface area contributed by atoms with E-state index in [1.165, 1.54) is 7.11 Å². The van der Waals surface area contributed by atoms with E-state index in [0.29, 0.717) is 11.1 Å². The molecule has 0 amide bonds. The molecule has 0 aliphatic carbocycles. The van der Waals surface area contributed by atoms with Gasteiger partial charge in [-0.2, -0.15) is 0 Å². The number of esters is 1. The van der Waals surface area contributed by atoms with Gasteiger partial charge in [-0.3, -0.25) is 4.79 Å². The van der Waals surface area contributed by atoms with Gasteiger partial charge in [0.1, 0.15) is 6.61 Å². The van der Waals surface area contributed by atoms with Gasteiger partial charge in [0.25, 0.3) is 0 Å². The van der Waals surface area contributed by atoms with Crippen molar-refractivity contribution < 1.29 is 28.5 Å². The summed E-state index contributed by atoms with van der Waals surface area (Å²) < 4.78 is 22.1. The molecule has 4 rings (SSSR count). The van der Waals surface area contributed by atoms with Crippen LogP contribution >= 0.6 is 0 Å². The third-order valence-electron chi connectivity index (χ3n) is 4.34. The van der Waals surface area contributed by atoms with E-state index in [1.54, 1.807) is 24.3 Å². The molecule has 0 saturated carbocycles. The van der Waals surface area contributed by atoms with Gasteiger partial charge in [-0.1, -0.05) is 54.6 Å². The monoisotopic (exact) mass is 340 g/mol. The summed E-state index contributed by atoms with van der Waals surface area (Å²) in [4.78, 5) is 25.1. The van der Waals surface area contributed by atoms with E-state index in [2.05, 4.69) is 0 Å². The first-order chi connectivity index (χ1) is 12.1. The number of methoxy groups -OCH3 is 1. The maximum atomic E-state index is 12.7. The molecule has 3 atom stereocenters. The average molecular weight is 340 g/mol. The Labute approximate surface area is 144 Å². The molecule has 2 aliphatic rings. The molecule has 2 bridgehead atoms. The lowest BCUT2D eigenvalue weighted by Gasteiger charge is -2.30. The summed E-state index contributed by atoms with van der Waals surface area (Å²) in [7, 11) is 1.40. The fourth-order valence-electron chi connectivity index (χ4n) is 3.11. The zero-order valence-electron chi connectivity index (χ0n) is 13.5. The van der Waals surface area contributed by atoms with Gasteiger partial charge in [0.2, 0.25) is 0 Å². The van der Waals surface area contributed by atoms with Crippen molar-refractivity contribution in [2.45, 2.75) is 24.8 Å². The number of benzene rings is 2. The Balaban J connectivity index is 1.57. The van der Waals surface area contributed by atoms with Gasteiger partial charge < -0.3 is 18.9 Å². The molecule has 128 valence electrons. The Morgan fingerprint density at radius 3 is 2.56 bits per heavy atom. The summed E-state index contributed by atoms with van der Waals surface area (Å²) in [5.74, 6) is -2.54. The van der Waals surface area contributed by atoms with Crippen LogP contribution in [0.2, 0.25) is 0 Å². The summed E-state index contributed by atoms with van der Waals surface area (Å²) in [6, 6.07) is 16.1. The standard InChI is InChI=1S/C19H16O6/c1-22-19-14-10-6-5-9-13(14)15(20)16(24-19)17(25-19)18(21)23-11-12-7-3-2-4-8-12/h2-10,16-17H,11H2,1H3/t16-,17-,19+/m1/s1. The highest BCUT2D eigenvalue weighted by Gasteiger charge is 2.60. The van der Waals surface area contributed by atoms with Crippen molar-refractivity contribution in [3.05, 3.63) is 71.3 Å². The third kappa shape index (κ3) is 2.55. The highest BCUT2D eigenvalue weighted by Crippen LogP contribution is 2.45. The predicted molar refractivity (Wildman–Crippen MR) is 85.4 cm³/mol. The lowest BCUT2D eigenvalue weighted by molar-refractivity contribution is -0.342. The average Bonchev–Trinajstić information content (AvgIpc) is 3.03. The summed E-state index contributed by atoms with van der Waals surface area (Å²) >= 11 is 0. The Bertz CT molecular complexity index is 818. The summed E-state index contributed by atoms with van der Waals surface area (Å²) in [5.41, 5.74) is 1.73. The number of carbonyl (C=O) groups is 2. The van der Waals surface area contributed by atoms with E-state index in [-0.39, 0.29) is 12.4 Å². The maximum Gasteiger partial charge on any atom is 0.339 e. The van der Waals surface area contributed by atoms with Crippen LogP contribution in [0.25, 0.3) is 0 Å². The third-order valence-corrected chi connectivity index (χ3v) is 4.34. The van der Waals surface area contributed by atoms with Crippen molar-refractivity contribution in [1.29, 1.82) is 0 Å². The first kappa shape index (κ1) is 16.0. The van der Waals surface area contributed by atoms with Crippen LogP contribution < -0.4 is 0 Å². The van der Waals surface area contributed by atoms with Crippen LogP contribution in [0.4, 0.5) is 0 Å². The zero-order chi connectivity index (χ0) is 17.4. The molecule has 0 spiro atoms. The van der Waals surface area contributed by atoms with Gasteiger partial charge in [-0.05, 0) is 5.56 Å². The Hall–Kier alpha value is -2.54. The second-order valence-electron chi connectivity index (χ2n) is 5.84. The van der Waals surface area contributed by atoms with Gasteiger partial charge in [0.05, 0.1) is 5.56 Å². The lowest BCUT2D eigenvalue weighted by atomic mass is 9.95. The highest BCUT2D eigenvalue weighted by atomic mass is 16.9. The molecule has 25 heavy (non-hydrogen) atoms. The maximum absolute atomic E-state index is 12.7. The van der Waals surface area contributed by atoms with Crippen LogP contribution in [0.3, 0.4) is 0 Å². The van der Waals surface area contributed by atoms with E-state index in [1.807, 2.05) is 30.3 Å². The minimum Gasteiger partial charge on any atom is -0.459 e. The quantitative estimate of drug-likeness (QED) is 0.795. The molecule has 0 unspecified atom stereocenters. The number of fused-ring (bicyclic) bond motifs is 4. The Morgan fingerprint density at radius 2 is 1.80 bits per heavy atom. The number of rotatable bonds is 4. The summed E-state index contributed by atoms with van der Waals surface area (Å²) in [5, 5.41) is 0. The van der Waals surface area contributed by atoms with Gasteiger partial charge in [0, 0.05) is 12.7 Å². The van der Waals surface area contributed by atoms with Crippen molar-refractivity contribution in [3.8, 4) is 0 Å². The number of carbonyl (C=O) groups excluding carboxylic acids is 2. The van der Waals surface area contributed by atoms with E-state index in [4.69, 9.17) is 18.9 Å². The smallest absolute Gasteiger partial charge is 0.339 e. The fourth-order valence-corrected chi connectivity index (χ4v) is 3.11. The van der Waals surface area contributed by atoms with Crippen LogP contribution in [0, 0.1) is 0 Å². The SMILES string of the molecule is CO[C@]12O[C@H](C(=O)c3ccccc31)[C@H](C(=O)OCc1ccccc1)O2. The number of Topliss-reactive ketones (excluding diaryl/α,β-unsaturated/α-hetero) is 1. The molecule has 2 aromatic carbocycles. The first-order valence-corrected chi connectivity index (χ1v) is 7.90. The normalized spacial score (nSPS) is 27.0. The molecule has 2 heterocycles. The van der Waals surface area contributed by atoms with Gasteiger partial charge in [0.15, 0.2) is 18.0 Å². The first-order valence-electron chi connectivity index (χ1n) is 7.90. The zero-order valence-corrected chi connectivity index (χ0v) is 13.5. The minimum absolute atomic E-state index is 0.0906. The van der Waals surface area contributed by atoms with Crippen LogP contribution in [0.1, 0.15) is 21.5 Å². The molecule has 1 saturated heterocycles. The van der Waals surface area contributed by atoms with E-state index in [0.717, 1.165) is 5.56 Å². The molecule has 6 heteroatoms. The van der Waals surface area contributed by atoms with Crippen LogP contribution in [0.5, 0.6) is 0 Å². The van der Waals surface area contributed by atoms with E-state index < -0.39 is 24.2 Å². The van der Waals surface area contributed by atoms with Gasteiger partial charge in [-0.15, -0.1) is 0 Å². The molecule has 6 nitrogen and oxygen atoms in total. The predicted octanol–water partition coefficient (Wildman–Crippen LogP) is 2.17. The van der Waals surface area contributed by atoms with E-state index >= 15 is 0 Å². The van der Waals surface area contributed by atoms with Crippen molar-refractivity contribution in [3.63, 3.8) is 0 Å². The number of hydrogen-bond donors (Lipinski definition) is 0. The van der Waals surface area contributed by atoms with Crippen LogP contribution in [-0.2, 0) is 36.3 Å². The summed E-state index contributed by atoms with van der Waals surface area (Å²) in [6.45, 7) is 0.0906. The molecule has 0 aromatic heterocycles. The molecular weight excluding hydrogens is 324 g/mol. The highest BCUT2D eigenvalue weighted by molar-refractivity contribution is 6.05. The molecule has 2 aromatic rings. The second-order valence-corrected chi connectivity index (χ2v) is 5.84.